The molecular formula is C10H8BrFN2. The number of halogens is 2. The summed E-state index contributed by atoms with van der Waals surface area (Å²) in [6, 6.07) is 4.71. The highest BCUT2D eigenvalue weighted by atomic mass is 79.9. The number of rotatable bonds is 2. The van der Waals surface area contributed by atoms with Gasteiger partial charge < -0.3 is 4.57 Å². The van der Waals surface area contributed by atoms with E-state index in [1.54, 1.807) is 18.6 Å². The molecular weight excluding hydrogens is 247 g/mol. The first-order valence-electron chi connectivity index (χ1n) is 4.14. The smallest absolute Gasteiger partial charge is 0.123 e. The fourth-order valence-electron chi connectivity index (χ4n) is 1.31. The second kappa shape index (κ2) is 3.92. The average Bonchev–Trinajstić information content (AvgIpc) is 2.70. The molecule has 0 fully saturated rings. The zero-order valence-electron chi connectivity index (χ0n) is 7.32. The van der Waals surface area contributed by atoms with E-state index in [-0.39, 0.29) is 5.82 Å². The van der Waals surface area contributed by atoms with Gasteiger partial charge in [-0.25, -0.2) is 9.37 Å². The molecule has 0 aliphatic heterocycles. The zero-order valence-corrected chi connectivity index (χ0v) is 8.91. The van der Waals surface area contributed by atoms with Gasteiger partial charge in [0, 0.05) is 17.7 Å². The van der Waals surface area contributed by atoms with Gasteiger partial charge in [0.15, 0.2) is 0 Å². The highest BCUT2D eigenvalue weighted by Gasteiger charge is 2.04. The van der Waals surface area contributed by atoms with Gasteiger partial charge in [-0.15, -0.1) is 0 Å². The van der Waals surface area contributed by atoms with Crippen molar-refractivity contribution in [3.63, 3.8) is 0 Å². The monoisotopic (exact) mass is 254 g/mol. The first-order valence-corrected chi connectivity index (χ1v) is 5.26. The molecule has 1 heterocycles. The molecule has 0 aliphatic rings. The molecule has 2 rings (SSSR count). The van der Waals surface area contributed by atoms with Gasteiger partial charge in [0.2, 0.25) is 0 Å². The molecule has 1 aromatic heterocycles. The number of aromatic nitrogens is 2. The van der Waals surface area contributed by atoms with Crippen LogP contribution < -0.4 is 0 Å². The molecule has 0 saturated carbocycles. The number of benzene rings is 1. The lowest BCUT2D eigenvalue weighted by atomic mass is 10.2. The van der Waals surface area contributed by atoms with E-state index < -0.39 is 0 Å². The van der Waals surface area contributed by atoms with Crippen molar-refractivity contribution < 1.29 is 4.39 Å². The standard InChI is InChI=1S/C10H8BrFN2/c11-6-8-5-9(12)1-2-10(8)14-4-3-13-7-14/h1-5,7H,6H2. The topological polar surface area (TPSA) is 17.8 Å². The van der Waals surface area contributed by atoms with E-state index in [2.05, 4.69) is 20.9 Å². The third-order valence-corrected chi connectivity index (χ3v) is 2.57. The van der Waals surface area contributed by atoms with Crippen molar-refractivity contribution in [1.29, 1.82) is 0 Å². The molecule has 0 atom stereocenters. The Bertz CT molecular complexity index is 426. The molecule has 0 bridgehead atoms. The quantitative estimate of drug-likeness (QED) is 0.754. The molecule has 0 unspecified atom stereocenters. The Balaban J connectivity index is 2.53. The van der Waals surface area contributed by atoms with Gasteiger partial charge >= 0.3 is 0 Å². The maximum atomic E-state index is 12.9. The largest absolute Gasteiger partial charge is 0.306 e. The molecule has 4 heteroatoms. The lowest BCUT2D eigenvalue weighted by Crippen LogP contribution is -1.96. The summed E-state index contributed by atoms with van der Waals surface area (Å²) in [5.74, 6) is -0.219. The first-order chi connectivity index (χ1) is 6.81. The van der Waals surface area contributed by atoms with Crippen LogP contribution in [0.25, 0.3) is 5.69 Å². The summed E-state index contributed by atoms with van der Waals surface area (Å²) in [6.07, 6.45) is 5.22. The normalized spacial score (nSPS) is 10.4. The van der Waals surface area contributed by atoms with Gasteiger partial charge in [-0.2, -0.15) is 0 Å². The summed E-state index contributed by atoms with van der Waals surface area (Å²) in [6.45, 7) is 0. The number of nitrogens with zero attached hydrogens (tertiary/aromatic N) is 2. The van der Waals surface area contributed by atoms with E-state index in [9.17, 15) is 4.39 Å². The van der Waals surface area contributed by atoms with Crippen molar-refractivity contribution >= 4 is 15.9 Å². The average molecular weight is 255 g/mol. The predicted molar refractivity (Wildman–Crippen MR) is 56.2 cm³/mol. The molecule has 0 amide bonds. The summed E-state index contributed by atoms with van der Waals surface area (Å²) >= 11 is 3.33. The molecule has 72 valence electrons. The highest BCUT2D eigenvalue weighted by Crippen LogP contribution is 2.18. The molecule has 2 nitrogen and oxygen atoms in total. The second-order valence-electron chi connectivity index (χ2n) is 2.88. The fraction of sp³-hybridized carbons (Fsp3) is 0.100. The summed E-state index contributed by atoms with van der Waals surface area (Å²) in [4.78, 5) is 3.95. The van der Waals surface area contributed by atoms with Gasteiger partial charge in [0.1, 0.15) is 5.82 Å². The van der Waals surface area contributed by atoms with E-state index in [0.29, 0.717) is 5.33 Å². The van der Waals surface area contributed by atoms with Gasteiger partial charge in [-0.05, 0) is 23.8 Å². The van der Waals surface area contributed by atoms with E-state index in [4.69, 9.17) is 0 Å². The van der Waals surface area contributed by atoms with Gasteiger partial charge in [-0.1, -0.05) is 15.9 Å². The number of imidazole rings is 1. The van der Waals surface area contributed by atoms with Crippen LogP contribution in [0, 0.1) is 5.82 Å². The van der Waals surface area contributed by atoms with Crippen molar-refractivity contribution in [3.05, 3.63) is 48.3 Å². The van der Waals surface area contributed by atoms with Crippen LogP contribution in [0.4, 0.5) is 4.39 Å². The van der Waals surface area contributed by atoms with Crippen LogP contribution in [-0.2, 0) is 5.33 Å². The van der Waals surface area contributed by atoms with Crippen molar-refractivity contribution in [1.82, 2.24) is 9.55 Å². The Morgan fingerprint density at radius 3 is 2.93 bits per heavy atom. The molecule has 14 heavy (non-hydrogen) atoms. The lowest BCUT2D eigenvalue weighted by Gasteiger charge is -2.07. The van der Waals surface area contributed by atoms with E-state index in [1.807, 2.05) is 10.8 Å². The maximum Gasteiger partial charge on any atom is 0.123 e. The number of hydrogen-bond acceptors (Lipinski definition) is 1. The Kier molecular flexibility index (Phi) is 2.63. The molecule has 0 spiro atoms. The zero-order chi connectivity index (χ0) is 9.97. The van der Waals surface area contributed by atoms with Gasteiger partial charge in [-0.3, -0.25) is 0 Å². The highest BCUT2D eigenvalue weighted by molar-refractivity contribution is 9.08. The molecule has 1 aromatic carbocycles. The van der Waals surface area contributed by atoms with Crippen LogP contribution in [0.5, 0.6) is 0 Å². The molecule has 0 N–H and O–H groups in total. The minimum atomic E-state index is -0.219. The maximum absolute atomic E-state index is 12.9. The van der Waals surface area contributed by atoms with Crippen LogP contribution in [0.2, 0.25) is 0 Å². The Labute approximate surface area is 89.5 Å². The number of alkyl halides is 1. The minimum absolute atomic E-state index is 0.219. The minimum Gasteiger partial charge on any atom is -0.306 e. The first kappa shape index (κ1) is 9.40. The van der Waals surface area contributed by atoms with Crippen molar-refractivity contribution in [3.8, 4) is 5.69 Å². The second-order valence-corrected chi connectivity index (χ2v) is 3.44. The summed E-state index contributed by atoms with van der Waals surface area (Å²) in [7, 11) is 0. The lowest BCUT2D eigenvalue weighted by molar-refractivity contribution is 0.626. The van der Waals surface area contributed by atoms with Crippen LogP contribution in [-0.4, -0.2) is 9.55 Å². The molecule has 0 aliphatic carbocycles. The summed E-state index contributed by atoms with van der Waals surface area (Å²) in [5.41, 5.74) is 1.85. The van der Waals surface area contributed by atoms with Crippen molar-refractivity contribution in [2.45, 2.75) is 5.33 Å². The van der Waals surface area contributed by atoms with Gasteiger partial charge in [0.25, 0.3) is 0 Å². The summed E-state index contributed by atoms with van der Waals surface area (Å²) < 4.78 is 14.8. The van der Waals surface area contributed by atoms with Crippen LogP contribution in [0.15, 0.2) is 36.9 Å². The van der Waals surface area contributed by atoms with Crippen molar-refractivity contribution in [2.75, 3.05) is 0 Å². The van der Waals surface area contributed by atoms with E-state index in [0.717, 1.165) is 11.3 Å². The number of hydrogen-bond donors (Lipinski definition) is 0. The SMILES string of the molecule is Fc1ccc(-n2ccnc2)c(CBr)c1. The third-order valence-electron chi connectivity index (χ3n) is 1.97. The Morgan fingerprint density at radius 1 is 1.43 bits per heavy atom. The third kappa shape index (κ3) is 1.70. The van der Waals surface area contributed by atoms with Crippen LogP contribution in [0.1, 0.15) is 5.56 Å². The molecule has 0 radical (unpaired) electrons. The van der Waals surface area contributed by atoms with E-state index in [1.165, 1.54) is 12.1 Å². The Hall–Kier alpha value is -1.16. The predicted octanol–water partition coefficient (Wildman–Crippen LogP) is 2.91. The molecule has 2 aromatic rings. The fourth-order valence-corrected chi connectivity index (χ4v) is 1.76. The van der Waals surface area contributed by atoms with Crippen molar-refractivity contribution in [2.24, 2.45) is 0 Å². The van der Waals surface area contributed by atoms with E-state index >= 15 is 0 Å². The van der Waals surface area contributed by atoms with Crippen LogP contribution >= 0.6 is 15.9 Å². The Morgan fingerprint density at radius 2 is 2.29 bits per heavy atom. The van der Waals surface area contributed by atoms with Gasteiger partial charge in [0.05, 0.1) is 12.0 Å². The molecule has 0 saturated heterocycles. The van der Waals surface area contributed by atoms with Crippen LogP contribution in [0.3, 0.4) is 0 Å². The summed E-state index contributed by atoms with van der Waals surface area (Å²) in [5, 5.41) is 0.623.